The van der Waals surface area contributed by atoms with Crippen molar-refractivity contribution in [3.63, 3.8) is 0 Å². The van der Waals surface area contributed by atoms with Gasteiger partial charge in [0.25, 0.3) is 0 Å². The highest BCUT2D eigenvalue weighted by atomic mass is 16.2. The van der Waals surface area contributed by atoms with Crippen LogP contribution in [0.2, 0.25) is 0 Å². The zero-order chi connectivity index (χ0) is 16.2. The van der Waals surface area contributed by atoms with E-state index in [0.29, 0.717) is 5.82 Å². The number of hydrogen-bond acceptors (Lipinski definition) is 5. The number of hydrogen-bond donors (Lipinski definition) is 1. The van der Waals surface area contributed by atoms with Crippen LogP contribution in [-0.4, -0.2) is 44.7 Å². The Morgan fingerprint density at radius 3 is 2.96 bits per heavy atom. The first-order valence-electron chi connectivity index (χ1n) is 7.28. The number of pyridine rings is 2. The topological polar surface area (TPSA) is 75.9 Å². The smallest absolute Gasteiger partial charge is 0.247 e. The van der Waals surface area contributed by atoms with Gasteiger partial charge in [-0.2, -0.15) is 5.10 Å². The zero-order valence-corrected chi connectivity index (χ0v) is 13.1. The van der Waals surface area contributed by atoms with Gasteiger partial charge in [0.1, 0.15) is 17.9 Å². The van der Waals surface area contributed by atoms with Crippen molar-refractivity contribution >= 4 is 22.8 Å². The molecule has 1 N–H and O–H groups in total. The van der Waals surface area contributed by atoms with Crippen molar-refractivity contribution in [2.45, 2.75) is 13.1 Å². The summed E-state index contributed by atoms with van der Waals surface area (Å²) < 4.78 is 1.63. The van der Waals surface area contributed by atoms with Gasteiger partial charge in [-0.1, -0.05) is 0 Å². The molecule has 7 nitrogen and oxygen atoms in total. The highest BCUT2D eigenvalue weighted by Crippen LogP contribution is 2.11. The minimum atomic E-state index is -0.173. The van der Waals surface area contributed by atoms with E-state index in [0.717, 1.165) is 23.1 Å². The van der Waals surface area contributed by atoms with Gasteiger partial charge in [0.15, 0.2) is 0 Å². The highest BCUT2D eigenvalue weighted by molar-refractivity contribution is 5.90. The van der Waals surface area contributed by atoms with E-state index in [1.54, 1.807) is 23.3 Å². The third-order valence-electron chi connectivity index (χ3n) is 3.30. The van der Waals surface area contributed by atoms with E-state index in [9.17, 15) is 4.79 Å². The Bertz CT molecular complexity index is 826. The Morgan fingerprint density at radius 2 is 2.13 bits per heavy atom. The van der Waals surface area contributed by atoms with E-state index in [-0.39, 0.29) is 12.5 Å². The summed E-state index contributed by atoms with van der Waals surface area (Å²) in [7, 11) is 3.99. The number of rotatable bonds is 5. The summed E-state index contributed by atoms with van der Waals surface area (Å²) in [6.07, 6.45) is 5.05. The minimum absolute atomic E-state index is 0.120. The molecule has 3 aromatic heterocycles. The summed E-state index contributed by atoms with van der Waals surface area (Å²) in [5.41, 5.74) is 2.69. The lowest BCUT2D eigenvalue weighted by Gasteiger charge is -2.11. The monoisotopic (exact) mass is 310 g/mol. The second kappa shape index (κ2) is 6.53. The summed E-state index contributed by atoms with van der Waals surface area (Å²) in [5, 5.41) is 7.01. The Kier molecular flexibility index (Phi) is 4.29. The minimum Gasteiger partial charge on any atom is -0.309 e. The lowest BCUT2D eigenvalue weighted by molar-refractivity contribution is -0.116. The van der Waals surface area contributed by atoms with Crippen molar-refractivity contribution in [3.8, 4) is 0 Å². The Hall–Kier alpha value is -2.80. The molecule has 0 aliphatic carbocycles. The van der Waals surface area contributed by atoms with Crippen molar-refractivity contribution in [1.82, 2.24) is 24.6 Å². The molecule has 118 valence electrons. The Labute approximate surface area is 134 Å². The lowest BCUT2D eigenvalue weighted by Crippen LogP contribution is -2.20. The average Bonchev–Trinajstić information content (AvgIpc) is 2.90. The van der Waals surface area contributed by atoms with Crippen LogP contribution in [0.4, 0.5) is 5.82 Å². The molecule has 7 heteroatoms. The number of amides is 1. The molecular formula is C16H18N6O. The third kappa shape index (κ3) is 3.70. The summed E-state index contributed by atoms with van der Waals surface area (Å²) in [6.45, 7) is 0.912. The van der Waals surface area contributed by atoms with Crippen LogP contribution >= 0.6 is 0 Å². The van der Waals surface area contributed by atoms with Crippen LogP contribution in [0.15, 0.2) is 42.9 Å². The van der Waals surface area contributed by atoms with E-state index >= 15 is 0 Å². The molecule has 3 rings (SSSR count). The van der Waals surface area contributed by atoms with Crippen LogP contribution in [0.25, 0.3) is 11.0 Å². The summed E-state index contributed by atoms with van der Waals surface area (Å²) in [5.74, 6) is 0.372. The van der Waals surface area contributed by atoms with E-state index in [2.05, 4.69) is 25.3 Å². The number of anilines is 1. The van der Waals surface area contributed by atoms with E-state index < -0.39 is 0 Å². The molecule has 0 bridgehead atoms. The van der Waals surface area contributed by atoms with E-state index in [1.807, 2.05) is 38.4 Å². The molecule has 0 fully saturated rings. The fraction of sp³-hybridized carbons (Fsp3) is 0.250. The maximum absolute atomic E-state index is 12.2. The van der Waals surface area contributed by atoms with Crippen LogP contribution in [0.1, 0.15) is 5.56 Å². The first-order chi connectivity index (χ1) is 11.1. The predicted molar refractivity (Wildman–Crippen MR) is 87.8 cm³/mol. The number of aromatic nitrogens is 4. The largest absolute Gasteiger partial charge is 0.309 e. The summed E-state index contributed by atoms with van der Waals surface area (Å²) in [6, 6.07) is 7.52. The first-order valence-corrected chi connectivity index (χ1v) is 7.28. The third-order valence-corrected chi connectivity index (χ3v) is 3.30. The van der Waals surface area contributed by atoms with E-state index in [1.165, 1.54) is 0 Å². The van der Waals surface area contributed by atoms with Crippen molar-refractivity contribution < 1.29 is 4.79 Å². The molecule has 0 saturated heterocycles. The van der Waals surface area contributed by atoms with Crippen molar-refractivity contribution in [3.05, 3.63) is 48.4 Å². The van der Waals surface area contributed by atoms with Gasteiger partial charge in [-0.3, -0.25) is 14.5 Å². The second-order valence-corrected chi connectivity index (χ2v) is 5.55. The van der Waals surface area contributed by atoms with Gasteiger partial charge in [-0.15, -0.1) is 0 Å². The molecule has 0 aromatic carbocycles. The normalized spacial score (nSPS) is 11.1. The molecule has 3 heterocycles. The van der Waals surface area contributed by atoms with Gasteiger partial charge < -0.3 is 10.2 Å². The van der Waals surface area contributed by atoms with Gasteiger partial charge >= 0.3 is 0 Å². The Morgan fingerprint density at radius 1 is 1.26 bits per heavy atom. The second-order valence-electron chi connectivity index (χ2n) is 5.55. The van der Waals surface area contributed by atoms with Gasteiger partial charge in [0.05, 0.1) is 11.7 Å². The average molecular weight is 310 g/mol. The first kappa shape index (κ1) is 15.1. The molecule has 23 heavy (non-hydrogen) atoms. The summed E-state index contributed by atoms with van der Waals surface area (Å²) >= 11 is 0. The standard InChI is InChI=1S/C16H18N6O/c1-21(2)10-12-5-7-18-15(8-12)20-16(23)11-22-14-4-3-6-17-13(14)9-19-22/h3-9H,10-11H2,1-2H3,(H,18,20,23). The van der Waals surface area contributed by atoms with Crippen LogP contribution in [0, 0.1) is 0 Å². The highest BCUT2D eigenvalue weighted by Gasteiger charge is 2.09. The van der Waals surface area contributed by atoms with Crippen LogP contribution in [0.3, 0.4) is 0 Å². The fourth-order valence-corrected chi connectivity index (χ4v) is 2.36. The van der Waals surface area contributed by atoms with Gasteiger partial charge in [0, 0.05) is 18.9 Å². The quantitative estimate of drug-likeness (QED) is 0.773. The van der Waals surface area contributed by atoms with Crippen molar-refractivity contribution in [2.24, 2.45) is 0 Å². The van der Waals surface area contributed by atoms with Gasteiger partial charge in [0.2, 0.25) is 5.91 Å². The zero-order valence-electron chi connectivity index (χ0n) is 13.1. The predicted octanol–water partition coefficient (Wildman–Crippen LogP) is 1.53. The SMILES string of the molecule is CN(C)Cc1ccnc(NC(=O)Cn2ncc3ncccc32)c1. The molecule has 0 radical (unpaired) electrons. The number of nitrogens with one attached hydrogen (secondary N) is 1. The van der Waals surface area contributed by atoms with Crippen LogP contribution in [0.5, 0.6) is 0 Å². The molecule has 0 aliphatic heterocycles. The maximum Gasteiger partial charge on any atom is 0.247 e. The molecule has 0 unspecified atom stereocenters. The molecule has 0 spiro atoms. The number of carbonyl (C=O) groups excluding carboxylic acids is 1. The van der Waals surface area contributed by atoms with Gasteiger partial charge in [-0.05, 0) is 43.9 Å². The molecule has 0 saturated carbocycles. The molecule has 0 atom stereocenters. The van der Waals surface area contributed by atoms with Crippen LogP contribution in [-0.2, 0) is 17.9 Å². The lowest BCUT2D eigenvalue weighted by atomic mass is 10.2. The van der Waals surface area contributed by atoms with Crippen LogP contribution < -0.4 is 5.32 Å². The molecular weight excluding hydrogens is 292 g/mol. The van der Waals surface area contributed by atoms with Crippen molar-refractivity contribution in [1.29, 1.82) is 0 Å². The fourth-order valence-electron chi connectivity index (χ4n) is 2.36. The maximum atomic E-state index is 12.2. The summed E-state index contributed by atoms with van der Waals surface area (Å²) in [4.78, 5) is 22.7. The number of nitrogens with zero attached hydrogens (tertiary/aromatic N) is 5. The molecule has 0 aliphatic rings. The van der Waals surface area contributed by atoms with Gasteiger partial charge in [-0.25, -0.2) is 4.98 Å². The number of carbonyl (C=O) groups is 1. The molecule has 1 amide bonds. The van der Waals surface area contributed by atoms with E-state index in [4.69, 9.17) is 0 Å². The Balaban J connectivity index is 1.70. The molecule has 3 aromatic rings. The number of fused-ring (bicyclic) bond motifs is 1. The van der Waals surface area contributed by atoms with Crippen molar-refractivity contribution in [2.75, 3.05) is 19.4 Å².